The molecule has 1 aromatic carbocycles. The van der Waals surface area contributed by atoms with E-state index in [2.05, 4.69) is 48.0 Å². The monoisotopic (exact) mass is 254 g/mol. The lowest BCUT2D eigenvalue weighted by Gasteiger charge is -2.12. The number of halogens is 1. The van der Waals surface area contributed by atoms with Gasteiger partial charge < -0.3 is 4.79 Å². The fourth-order valence-corrected chi connectivity index (χ4v) is 2.46. The second-order valence-electron chi connectivity index (χ2n) is 3.83. The van der Waals surface area contributed by atoms with Crippen molar-refractivity contribution in [2.45, 2.75) is 33.1 Å². The first-order valence-corrected chi connectivity index (χ1v) is 5.55. The average Bonchev–Trinajstić information content (AvgIpc) is 2.01. The summed E-state index contributed by atoms with van der Waals surface area (Å²) in [5.41, 5.74) is 2.45. The Morgan fingerprint density at radius 2 is 2.14 bits per heavy atom. The number of hydrogen-bond acceptors (Lipinski definition) is 1. The van der Waals surface area contributed by atoms with Gasteiger partial charge in [0.2, 0.25) is 0 Å². The van der Waals surface area contributed by atoms with Crippen LogP contribution in [0.3, 0.4) is 0 Å². The molecular weight excluding hydrogens is 240 g/mol. The predicted molar refractivity (Wildman–Crippen MR) is 62.6 cm³/mol. The van der Waals surface area contributed by atoms with E-state index in [1.807, 2.05) is 0 Å². The maximum atomic E-state index is 11.0. The van der Waals surface area contributed by atoms with Gasteiger partial charge in [0.25, 0.3) is 0 Å². The van der Waals surface area contributed by atoms with E-state index < -0.39 is 0 Å². The molecule has 1 rings (SSSR count). The van der Waals surface area contributed by atoms with Crippen molar-refractivity contribution in [1.82, 2.24) is 0 Å². The summed E-state index contributed by atoms with van der Waals surface area (Å²) in [6.45, 7) is 5.78. The molecule has 0 aliphatic heterocycles. The number of carbonyl (C=O) groups excluding carboxylic acids is 1. The van der Waals surface area contributed by atoms with E-state index in [0.29, 0.717) is 12.3 Å². The van der Waals surface area contributed by atoms with Gasteiger partial charge in [-0.15, -0.1) is 0 Å². The Labute approximate surface area is 93.7 Å². The van der Waals surface area contributed by atoms with Crippen LogP contribution in [0.5, 0.6) is 0 Å². The summed E-state index contributed by atoms with van der Waals surface area (Å²) in [7, 11) is 0. The van der Waals surface area contributed by atoms with Crippen molar-refractivity contribution in [1.29, 1.82) is 0 Å². The molecule has 0 radical (unpaired) electrons. The molecule has 0 bridgehead atoms. The molecule has 0 heterocycles. The zero-order valence-electron chi connectivity index (χ0n) is 8.80. The Morgan fingerprint density at radius 1 is 1.50 bits per heavy atom. The van der Waals surface area contributed by atoms with Crippen molar-refractivity contribution in [3.05, 3.63) is 33.8 Å². The molecule has 76 valence electrons. The number of hydrogen-bond donors (Lipinski definition) is 0. The Bertz CT molecular complexity index is 344. The Morgan fingerprint density at radius 3 is 2.64 bits per heavy atom. The van der Waals surface area contributed by atoms with E-state index in [-0.39, 0.29) is 5.78 Å². The van der Waals surface area contributed by atoms with Crippen LogP contribution in [0.4, 0.5) is 0 Å². The second-order valence-corrected chi connectivity index (χ2v) is 4.69. The summed E-state index contributed by atoms with van der Waals surface area (Å²) in [5.74, 6) is 0.535. The third-order valence-electron chi connectivity index (χ3n) is 2.28. The van der Waals surface area contributed by atoms with E-state index in [0.717, 1.165) is 4.47 Å². The number of Topliss-reactive ketones (excluding diaryl/α,β-unsaturated/α-hetero) is 1. The van der Waals surface area contributed by atoms with Crippen LogP contribution in [0.25, 0.3) is 0 Å². The molecule has 0 aliphatic carbocycles. The lowest BCUT2D eigenvalue weighted by atomic mass is 9.95. The molecule has 14 heavy (non-hydrogen) atoms. The minimum absolute atomic E-state index is 0.241. The first-order chi connectivity index (χ1) is 6.50. The lowest BCUT2D eigenvalue weighted by Crippen LogP contribution is -2.01. The normalized spacial score (nSPS) is 12.6. The van der Waals surface area contributed by atoms with Gasteiger partial charge in [0.1, 0.15) is 5.78 Å². The van der Waals surface area contributed by atoms with E-state index in [1.165, 1.54) is 11.1 Å². The molecule has 0 saturated carbocycles. The van der Waals surface area contributed by atoms with Crippen LogP contribution in [-0.2, 0) is 4.79 Å². The van der Waals surface area contributed by atoms with Gasteiger partial charge in [-0.05, 0) is 37.0 Å². The first-order valence-electron chi connectivity index (χ1n) is 4.76. The third kappa shape index (κ3) is 2.95. The number of benzene rings is 1. The van der Waals surface area contributed by atoms with Crippen LogP contribution >= 0.6 is 15.9 Å². The summed E-state index contributed by atoms with van der Waals surface area (Å²) in [6.07, 6.45) is 0.613. The standard InChI is InChI=1S/C12H15BrO/c1-8-4-5-11(12(13)6-8)9(2)7-10(3)14/h4-6,9H,7H2,1-3H3/t9-/m0/s1. The van der Waals surface area contributed by atoms with Gasteiger partial charge in [-0.1, -0.05) is 35.0 Å². The van der Waals surface area contributed by atoms with Crippen LogP contribution in [0.1, 0.15) is 37.3 Å². The zero-order chi connectivity index (χ0) is 10.7. The first kappa shape index (κ1) is 11.4. The molecule has 1 nitrogen and oxygen atoms in total. The lowest BCUT2D eigenvalue weighted by molar-refractivity contribution is -0.117. The van der Waals surface area contributed by atoms with Crippen molar-refractivity contribution in [3.8, 4) is 0 Å². The van der Waals surface area contributed by atoms with Gasteiger partial charge in [0.05, 0.1) is 0 Å². The molecule has 1 aromatic rings. The Balaban J connectivity index is 2.90. The predicted octanol–water partition coefficient (Wildman–Crippen LogP) is 3.84. The summed E-state index contributed by atoms with van der Waals surface area (Å²) in [4.78, 5) is 11.0. The molecule has 0 aliphatic rings. The summed E-state index contributed by atoms with van der Waals surface area (Å²) in [6, 6.07) is 6.26. The maximum Gasteiger partial charge on any atom is 0.130 e. The summed E-state index contributed by atoms with van der Waals surface area (Å²) >= 11 is 3.53. The molecule has 0 unspecified atom stereocenters. The fourth-order valence-electron chi connectivity index (χ4n) is 1.57. The van der Waals surface area contributed by atoms with Crippen LogP contribution in [0.15, 0.2) is 22.7 Å². The third-order valence-corrected chi connectivity index (χ3v) is 2.97. The highest BCUT2D eigenvalue weighted by molar-refractivity contribution is 9.10. The SMILES string of the molecule is CC(=O)C[C@H](C)c1ccc(C)cc1Br. The minimum Gasteiger partial charge on any atom is -0.300 e. The molecular formula is C12H15BrO. The molecule has 2 heteroatoms. The highest BCUT2D eigenvalue weighted by atomic mass is 79.9. The quantitative estimate of drug-likeness (QED) is 0.801. The Hall–Kier alpha value is -0.630. The van der Waals surface area contributed by atoms with E-state index >= 15 is 0 Å². The molecule has 1 atom stereocenters. The van der Waals surface area contributed by atoms with Gasteiger partial charge >= 0.3 is 0 Å². The smallest absolute Gasteiger partial charge is 0.130 e. The van der Waals surface area contributed by atoms with Crippen LogP contribution in [0.2, 0.25) is 0 Å². The molecule has 0 fully saturated rings. The van der Waals surface area contributed by atoms with E-state index in [1.54, 1.807) is 6.92 Å². The summed E-state index contributed by atoms with van der Waals surface area (Å²) < 4.78 is 1.10. The number of rotatable bonds is 3. The van der Waals surface area contributed by atoms with Gasteiger partial charge in [-0.2, -0.15) is 0 Å². The van der Waals surface area contributed by atoms with E-state index in [4.69, 9.17) is 0 Å². The van der Waals surface area contributed by atoms with Crippen LogP contribution in [-0.4, -0.2) is 5.78 Å². The van der Waals surface area contributed by atoms with Crippen molar-refractivity contribution < 1.29 is 4.79 Å². The van der Waals surface area contributed by atoms with Crippen LogP contribution in [0, 0.1) is 6.92 Å². The topological polar surface area (TPSA) is 17.1 Å². The molecule has 0 saturated heterocycles. The van der Waals surface area contributed by atoms with E-state index in [9.17, 15) is 4.79 Å². The number of carbonyl (C=O) groups is 1. The fraction of sp³-hybridized carbons (Fsp3) is 0.417. The maximum absolute atomic E-state index is 11.0. The molecule has 0 N–H and O–H groups in total. The Kier molecular flexibility index (Phi) is 3.87. The second kappa shape index (κ2) is 4.74. The van der Waals surface area contributed by atoms with Crippen molar-refractivity contribution in [3.63, 3.8) is 0 Å². The molecule has 0 aromatic heterocycles. The largest absolute Gasteiger partial charge is 0.300 e. The molecule has 0 spiro atoms. The minimum atomic E-state index is 0.241. The van der Waals surface area contributed by atoms with Gasteiger partial charge in [-0.3, -0.25) is 0 Å². The van der Waals surface area contributed by atoms with Gasteiger partial charge in [-0.25, -0.2) is 0 Å². The average molecular weight is 255 g/mol. The van der Waals surface area contributed by atoms with Crippen molar-refractivity contribution in [2.75, 3.05) is 0 Å². The highest BCUT2D eigenvalue weighted by Crippen LogP contribution is 2.28. The van der Waals surface area contributed by atoms with Gasteiger partial charge in [0, 0.05) is 10.9 Å². The van der Waals surface area contributed by atoms with Crippen molar-refractivity contribution in [2.24, 2.45) is 0 Å². The number of aryl methyl sites for hydroxylation is 1. The summed E-state index contributed by atoms with van der Waals surface area (Å²) in [5, 5.41) is 0. The van der Waals surface area contributed by atoms with Crippen LogP contribution < -0.4 is 0 Å². The highest BCUT2D eigenvalue weighted by Gasteiger charge is 2.11. The zero-order valence-corrected chi connectivity index (χ0v) is 10.4. The number of ketones is 1. The van der Waals surface area contributed by atoms with Crippen molar-refractivity contribution >= 4 is 21.7 Å². The molecule has 0 amide bonds. The van der Waals surface area contributed by atoms with Gasteiger partial charge in [0.15, 0.2) is 0 Å².